The highest BCUT2D eigenvalue weighted by Crippen LogP contribution is 2.39. The van der Waals surface area contributed by atoms with E-state index in [1.807, 2.05) is 22.6 Å². The highest BCUT2D eigenvalue weighted by molar-refractivity contribution is 14.1. The molecule has 0 heterocycles. The van der Waals surface area contributed by atoms with Crippen molar-refractivity contribution in [3.8, 4) is 0 Å². The van der Waals surface area contributed by atoms with Gasteiger partial charge in [-0.1, -0.05) is 6.07 Å². The van der Waals surface area contributed by atoms with Gasteiger partial charge in [0.05, 0.1) is 0 Å². The van der Waals surface area contributed by atoms with Crippen molar-refractivity contribution in [2.45, 2.75) is 23.7 Å². The summed E-state index contributed by atoms with van der Waals surface area (Å²) in [5, 5.41) is 0. The molecule has 0 spiro atoms. The third-order valence-corrected chi connectivity index (χ3v) is 3.20. The molecular formula is C10H8F3IOS. The minimum absolute atomic E-state index is 0.0370. The van der Waals surface area contributed by atoms with Crippen molar-refractivity contribution >= 4 is 40.1 Å². The van der Waals surface area contributed by atoms with Gasteiger partial charge in [-0.15, -0.1) is 0 Å². The second kappa shape index (κ2) is 5.39. The molecule has 0 aromatic heterocycles. The van der Waals surface area contributed by atoms with Crippen molar-refractivity contribution < 1.29 is 18.0 Å². The molecule has 0 saturated carbocycles. The first-order valence-corrected chi connectivity index (χ1v) is 6.21. The maximum absolute atomic E-state index is 12.3. The summed E-state index contributed by atoms with van der Waals surface area (Å²) >= 11 is 1.77. The van der Waals surface area contributed by atoms with Crippen molar-refractivity contribution in [2.75, 3.05) is 0 Å². The van der Waals surface area contributed by atoms with Crippen LogP contribution in [0, 0.1) is 3.57 Å². The Kier molecular flexibility index (Phi) is 4.66. The van der Waals surface area contributed by atoms with Crippen LogP contribution in [0.1, 0.15) is 12.5 Å². The number of carbonyl (C=O) groups excluding carboxylic acids is 1. The molecule has 0 radical (unpaired) electrons. The summed E-state index contributed by atoms with van der Waals surface area (Å²) in [5.74, 6) is -0.148. The SMILES string of the molecule is CC(=O)Cc1ccc(I)cc1SC(F)(F)F. The molecular weight excluding hydrogens is 352 g/mol. The zero-order valence-electron chi connectivity index (χ0n) is 8.27. The van der Waals surface area contributed by atoms with Crippen LogP contribution in [0.15, 0.2) is 23.1 Å². The summed E-state index contributed by atoms with van der Waals surface area (Å²) < 4.78 is 37.5. The Labute approximate surface area is 109 Å². The molecule has 0 bridgehead atoms. The molecule has 6 heteroatoms. The summed E-state index contributed by atoms with van der Waals surface area (Å²) in [6.07, 6.45) is 0.0370. The van der Waals surface area contributed by atoms with Crippen molar-refractivity contribution in [1.82, 2.24) is 0 Å². The fraction of sp³-hybridized carbons (Fsp3) is 0.300. The number of carbonyl (C=O) groups is 1. The molecule has 1 nitrogen and oxygen atoms in total. The van der Waals surface area contributed by atoms with Crippen LogP contribution in [0.2, 0.25) is 0 Å². The fourth-order valence-electron chi connectivity index (χ4n) is 1.16. The van der Waals surface area contributed by atoms with E-state index in [1.165, 1.54) is 13.0 Å². The number of benzene rings is 1. The smallest absolute Gasteiger partial charge is 0.300 e. The van der Waals surface area contributed by atoms with Gasteiger partial charge in [0.25, 0.3) is 0 Å². The fourth-order valence-corrected chi connectivity index (χ4v) is 2.57. The van der Waals surface area contributed by atoms with Crippen molar-refractivity contribution in [1.29, 1.82) is 0 Å². The van der Waals surface area contributed by atoms with Crippen LogP contribution in [0.4, 0.5) is 13.2 Å². The van der Waals surface area contributed by atoms with E-state index in [9.17, 15) is 18.0 Å². The van der Waals surface area contributed by atoms with E-state index in [-0.39, 0.29) is 28.9 Å². The topological polar surface area (TPSA) is 17.1 Å². The lowest BCUT2D eigenvalue weighted by atomic mass is 10.1. The Bertz CT molecular complexity index is 404. The molecule has 0 unspecified atom stereocenters. The number of ketones is 1. The Morgan fingerprint density at radius 3 is 2.56 bits per heavy atom. The number of alkyl halides is 3. The first kappa shape index (κ1) is 13.8. The van der Waals surface area contributed by atoms with Crippen LogP contribution in [0.25, 0.3) is 0 Å². The molecule has 0 aliphatic heterocycles. The van der Waals surface area contributed by atoms with E-state index < -0.39 is 5.51 Å². The van der Waals surface area contributed by atoms with E-state index in [1.54, 1.807) is 12.1 Å². The maximum atomic E-state index is 12.3. The molecule has 0 atom stereocenters. The molecule has 0 amide bonds. The van der Waals surface area contributed by atoms with Crippen LogP contribution in [0.3, 0.4) is 0 Å². The minimum atomic E-state index is -4.32. The number of hydrogen-bond donors (Lipinski definition) is 0. The van der Waals surface area contributed by atoms with Gasteiger partial charge in [-0.25, -0.2) is 0 Å². The van der Waals surface area contributed by atoms with Gasteiger partial charge in [0.2, 0.25) is 0 Å². The van der Waals surface area contributed by atoms with Crippen LogP contribution in [-0.4, -0.2) is 11.3 Å². The molecule has 0 aliphatic rings. The van der Waals surface area contributed by atoms with Crippen LogP contribution in [-0.2, 0) is 11.2 Å². The largest absolute Gasteiger partial charge is 0.446 e. The molecule has 0 N–H and O–H groups in total. The van der Waals surface area contributed by atoms with Crippen molar-refractivity contribution in [2.24, 2.45) is 0 Å². The monoisotopic (exact) mass is 360 g/mol. The molecule has 1 aromatic carbocycles. The summed E-state index contributed by atoms with van der Waals surface area (Å²) in [4.78, 5) is 11.0. The van der Waals surface area contributed by atoms with Gasteiger partial charge < -0.3 is 0 Å². The minimum Gasteiger partial charge on any atom is -0.300 e. The van der Waals surface area contributed by atoms with Crippen molar-refractivity contribution in [3.05, 3.63) is 27.3 Å². The van der Waals surface area contributed by atoms with Gasteiger partial charge in [-0.3, -0.25) is 4.79 Å². The van der Waals surface area contributed by atoms with E-state index in [0.29, 0.717) is 5.56 Å². The highest BCUT2D eigenvalue weighted by Gasteiger charge is 2.30. The second-order valence-corrected chi connectivity index (χ2v) is 5.53. The summed E-state index contributed by atoms with van der Waals surface area (Å²) in [5.41, 5.74) is -3.90. The lowest BCUT2D eigenvalue weighted by Crippen LogP contribution is -2.04. The second-order valence-electron chi connectivity index (χ2n) is 3.18. The van der Waals surface area contributed by atoms with Gasteiger partial charge in [0.1, 0.15) is 5.78 Å². The van der Waals surface area contributed by atoms with Crippen molar-refractivity contribution in [3.63, 3.8) is 0 Å². The van der Waals surface area contributed by atoms with E-state index in [4.69, 9.17) is 0 Å². The molecule has 1 aromatic rings. The first-order chi connectivity index (χ1) is 7.28. The molecule has 1 rings (SSSR count). The Morgan fingerprint density at radius 1 is 1.44 bits per heavy atom. The number of rotatable bonds is 3. The van der Waals surface area contributed by atoms with Crippen LogP contribution in [0.5, 0.6) is 0 Å². The van der Waals surface area contributed by atoms with Crippen LogP contribution >= 0.6 is 34.4 Å². The molecule has 0 saturated heterocycles. The summed E-state index contributed by atoms with van der Waals surface area (Å²) in [6, 6.07) is 4.70. The van der Waals surface area contributed by atoms with Gasteiger partial charge in [0.15, 0.2) is 0 Å². The Morgan fingerprint density at radius 2 is 2.06 bits per heavy atom. The van der Waals surface area contributed by atoms with Gasteiger partial charge >= 0.3 is 5.51 Å². The molecule has 16 heavy (non-hydrogen) atoms. The molecule has 88 valence electrons. The lowest BCUT2D eigenvalue weighted by molar-refractivity contribution is -0.116. The predicted octanol–water partition coefficient (Wildman–Crippen LogP) is 4.03. The maximum Gasteiger partial charge on any atom is 0.446 e. The zero-order chi connectivity index (χ0) is 12.3. The number of hydrogen-bond acceptors (Lipinski definition) is 2. The van der Waals surface area contributed by atoms with E-state index in [0.717, 1.165) is 3.57 Å². The zero-order valence-corrected chi connectivity index (χ0v) is 11.2. The Balaban J connectivity index is 3.03. The first-order valence-electron chi connectivity index (χ1n) is 4.31. The van der Waals surface area contributed by atoms with E-state index >= 15 is 0 Å². The third kappa shape index (κ3) is 4.73. The van der Waals surface area contributed by atoms with E-state index in [2.05, 4.69) is 0 Å². The van der Waals surface area contributed by atoms with Gasteiger partial charge in [-0.2, -0.15) is 13.2 Å². The lowest BCUT2D eigenvalue weighted by Gasteiger charge is -2.10. The standard InChI is InChI=1S/C10H8F3IOS/c1-6(15)4-7-2-3-8(14)5-9(7)16-10(11,12)13/h2-3,5H,4H2,1H3. The third-order valence-electron chi connectivity index (χ3n) is 1.69. The average molecular weight is 360 g/mol. The Hall–Kier alpha value is -0.240. The van der Waals surface area contributed by atoms with Gasteiger partial charge in [0, 0.05) is 14.9 Å². The van der Waals surface area contributed by atoms with Gasteiger partial charge in [-0.05, 0) is 59.0 Å². The summed E-state index contributed by atoms with van der Waals surface area (Å²) in [6.45, 7) is 1.36. The number of Topliss-reactive ketones (excluding diaryl/α,β-unsaturated/α-hetero) is 1. The molecule has 0 fully saturated rings. The summed E-state index contributed by atoms with van der Waals surface area (Å²) in [7, 11) is 0. The highest BCUT2D eigenvalue weighted by atomic mass is 127. The average Bonchev–Trinajstić information content (AvgIpc) is 2.06. The number of halogens is 4. The molecule has 0 aliphatic carbocycles. The predicted molar refractivity (Wildman–Crippen MR) is 65.5 cm³/mol. The quantitative estimate of drug-likeness (QED) is 0.598. The van der Waals surface area contributed by atoms with Crippen LogP contribution < -0.4 is 0 Å². The normalized spacial score (nSPS) is 11.6. The number of thioether (sulfide) groups is 1.